The first-order chi connectivity index (χ1) is 14.2. The summed E-state index contributed by atoms with van der Waals surface area (Å²) in [5.41, 5.74) is 4.25. The maximum absolute atomic E-state index is 12.4. The van der Waals surface area contributed by atoms with Crippen LogP contribution in [0.3, 0.4) is 0 Å². The summed E-state index contributed by atoms with van der Waals surface area (Å²) >= 11 is 0. The summed E-state index contributed by atoms with van der Waals surface area (Å²) in [6.45, 7) is 0.610. The SMILES string of the molecule is O=c1cc(CC2CCC2)nc2nc(NCc3ccc(-c4ccccc4)cc3)[nH]n12. The fourth-order valence-electron chi connectivity index (χ4n) is 3.74. The van der Waals surface area contributed by atoms with Gasteiger partial charge in [-0.2, -0.15) is 9.50 Å². The van der Waals surface area contributed by atoms with Crippen molar-refractivity contribution in [1.29, 1.82) is 0 Å². The molecule has 6 heteroatoms. The van der Waals surface area contributed by atoms with Gasteiger partial charge in [0.15, 0.2) is 0 Å². The van der Waals surface area contributed by atoms with Crippen LogP contribution in [0, 0.1) is 5.92 Å². The molecule has 6 nitrogen and oxygen atoms in total. The van der Waals surface area contributed by atoms with E-state index in [0.29, 0.717) is 24.2 Å². The van der Waals surface area contributed by atoms with E-state index < -0.39 is 0 Å². The zero-order valence-corrected chi connectivity index (χ0v) is 16.1. The fourth-order valence-corrected chi connectivity index (χ4v) is 3.74. The summed E-state index contributed by atoms with van der Waals surface area (Å²) in [6.07, 6.45) is 4.62. The number of anilines is 1. The smallest absolute Gasteiger partial charge is 0.274 e. The molecule has 2 aromatic heterocycles. The second-order valence-corrected chi connectivity index (χ2v) is 7.71. The third-order valence-corrected chi connectivity index (χ3v) is 5.63. The van der Waals surface area contributed by atoms with Crippen LogP contribution in [0.25, 0.3) is 16.9 Å². The second kappa shape index (κ2) is 7.54. The monoisotopic (exact) mass is 385 g/mol. The van der Waals surface area contributed by atoms with E-state index in [1.54, 1.807) is 6.07 Å². The third-order valence-electron chi connectivity index (χ3n) is 5.63. The van der Waals surface area contributed by atoms with Gasteiger partial charge in [-0.1, -0.05) is 73.9 Å². The van der Waals surface area contributed by atoms with Crippen LogP contribution >= 0.6 is 0 Å². The molecule has 2 N–H and O–H groups in total. The van der Waals surface area contributed by atoms with Gasteiger partial charge in [-0.15, -0.1) is 0 Å². The van der Waals surface area contributed by atoms with E-state index in [2.05, 4.69) is 56.8 Å². The molecule has 146 valence electrons. The summed E-state index contributed by atoms with van der Waals surface area (Å²) in [5, 5.41) is 6.25. The van der Waals surface area contributed by atoms with Crippen LogP contribution in [0.5, 0.6) is 0 Å². The highest BCUT2D eigenvalue weighted by Gasteiger charge is 2.19. The molecule has 0 amide bonds. The number of benzene rings is 2. The molecule has 2 heterocycles. The number of rotatable bonds is 6. The quantitative estimate of drug-likeness (QED) is 0.525. The van der Waals surface area contributed by atoms with Crippen LogP contribution in [0.15, 0.2) is 65.5 Å². The molecule has 1 aliphatic rings. The topological polar surface area (TPSA) is 75.1 Å². The molecule has 1 saturated carbocycles. The predicted octanol–water partition coefficient (Wildman–Crippen LogP) is 4.04. The summed E-state index contributed by atoms with van der Waals surface area (Å²) in [7, 11) is 0. The number of aromatic nitrogens is 4. The molecule has 0 radical (unpaired) electrons. The minimum absolute atomic E-state index is 0.114. The van der Waals surface area contributed by atoms with Crippen molar-refractivity contribution in [3.63, 3.8) is 0 Å². The van der Waals surface area contributed by atoms with Crippen molar-refractivity contribution >= 4 is 11.7 Å². The van der Waals surface area contributed by atoms with E-state index in [0.717, 1.165) is 17.7 Å². The summed E-state index contributed by atoms with van der Waals surface area (Å²) in [4.78, 5) is 21.4. The Morgan fingerprint density at radius 1 is 1.00 bits per heavy atom. The Morgan fingerprint density at radius 3 is 2.48 bits per heavy atom. The van der Waals surface area contributed by atoms with Crippen molar-refractivity contribution in [2.24, 2.45) is 5.92 Å². The van der Waals surface area contributed by atoms with Crippen molar-refractivity contribution in [2.75, 3.05) is 5.32 Å². The first kappa shape index (κ1) is 17.7. The van der Waals surface area contributed by atoms with Crippen molar-refractivity contribution < 1.29 is 0 Å². The standard InChI is InChI=1S/C23H23N5O/c29-21-14-20(13-16-5-4-6-16)25-23-26-22(27-28(21)23)24-15-17-9-11-19(12-10-17)18-7-2-1-3-8-18/h1-3,7-12,14,16H,4-6,13,15H2,(H2,24,25,26,27). The number of hydrogen-bond donors (Lipinski definition) is 2. The number of fused-ring (bicyclic) bond motifs is 1. The first-order valence-corrected chi connectivity index (χ1v) is 10.1. The van der Waals surface area contributed by atoms with E-state index in [9.17, 15) is 4.79 Å². The average molecular weight is 385 g/mol. The van der Waals surface area contributed by atoms with Gasteiger partial charge in [0.25, 0.3) is 11.3 Å². The van der Waals surface area contributed by atoms with Gasteiger partial charge in [-0.05, 0) is 29.0 Å². The van der Waals surface area contributed by atoms with Gasteiger partial charge in [0.2, 0.25) is 5.95 Å². The second-order valence-electron chi connectivity index (χ2n) is 7.71. The fraction of sp³-hybridized carbons (Fsp3) is 0.261. The third kappa shape index (κ3) is 3.78. The number of H-pyrrole nitrogens is 1. The Hall–Kier alpha value is -3.41. The lowest BCUT2D eigenvalue weighted by Crippen LogP contribution is -2.19. The largest absolute Gasteiger partial charge is 0.351 e. The molecule has 4 aromatic rings. The first-order valence-electron chi connectivity index (χ1n) is 10.1. The zero-order valence-electron chi connectivity index (χ0n) is 16.1. The zero-order chi connectivity index (χ0) is 19.6. The van der Waals surface area contributed by atoms with Crippen molar-refractivity contribution in [3.8, 4) is 11.1 Å². The molecule has 5 rings (SSSR count). The summed E-state index contributed by atoms with van der Waals surface area (Å²) in [6, 6.07) is 20.4. The van der Waals surface area contributed by atoms with Gasteiger partial charge in [-0.3, -0.25) is 9.89 Å². The van der Waals surface area contributed by atoms with Crippen molar-refractivity contribution in [2.45, 2.75) is 32.2 Å². The molecule has 0 spiro atoms. The van der Waals surface area contributed by atoms with Crippen LogP contribution in [0.4, 0.5) is 5.95 Å². The Bertz CT molecular complexity index is 1170. The molecule has 0 aliphatic heterocycles. The Kier molecular flexibility index (Phi) is 4.60. The van der Waals surface area contributed by atoms with Crippen LogP contribution in [0.1, 0.15) is 30.5 Å². The highest BCUT2D eigenvalue weighted by Crippen LogP contribution is 2.29. The van der Waals surface area contributed by atoms with Gasteiger partial charge >= 0.3 is 0 Å². The van der Waals surface area contributed by atoms with Crippen molar-refractivity contribution in [3.05, 3.63) is 82.3 Å². The van der Waals surface area contributed by atoms with E-state index in [4.69, 9.17) is 0 Å². The van der Waals surface area contributed by atoms with Crippen LogP contribution in [0.2, 0.25) is 0 Å². The highest BCUT2D eigenvalue weighted by molar-refractivity contribution is 5.63. The number of aromatic amines is 1. The van der Waals surface area contributed by atoms with E-state index in [1.807, 2.05) is 18.2 Å². The van der Waals surface area contributed by atoms with E-state index in [1.165, 1.54) is 34.9 Å². The number of nitrogens with zero attached hydrogens (tertiary/aromatic N) is 3. The molecule has 0 saturated heterocycles. The van der Waals surface area contributed by atoms with Gasteiger partial charge in [0.05, 0.1) is 5.69 Å². The van der Waals surface area contributed by atoms with Crippen LogP contribution in [-0.4, -0.2) is 19.6 Å². The maximum Gasteiger partial charge on any atom is 0.274 e. The van der Waals surface area contributed by atoms with Gasteiger partial charge in [-0.25, -0.2) is 4.98 Å². The lowest BCUT2D eigenvalue weighted by molar-refractivity contribution is 0.312. The minimum Gasteiger partial charge on any atom is -0.351 e. The maximum atomic E-state index is 12.4. The molecular formula is C23H23N5O. The lowest BCUT2D eigenvalue weighted by atomic mass is 9.82. The molecule has 29 heavy (non-hydrogen) atoms. The molecule has 1 aliphatic carbocycles. The Morgan fingerprint density at radius 2 is 1.76 bits per heavy atom. The van der Waals surface area contributed by atoms with Crippen LogP contribution in [-0.2, 0) is 13.0 Å². The van der Waals surface area contributed by atoms with E-state index >= 15 is 0 Å². The molecule has 0 unspecified atom stereocenters. The molecule has 1 fully saturated rings. The molecule has 2 aromatic carbocycles. The number of hydrogen-bond acceptors (Lipinski definition) is 4. The molecule has 0 bridgehead atoms. The van der Waals surface area contributed by atoms with Crippen LogP contribution < -0.4 is 10.9 Å². The molecule has 0 atom stereocenters. The van der Waals surface area contributed by atoms with Gasteiger partial charge < -0.3 is 5.32 Å². The number of nitrogens with one attached hydrogen (secondary N) is 2. The van der Waals surface area contributed by atoms with Crippen molar-refractivity contribution in [1.82, 2.24) is 19.6 Å². The highest BCUT2D eigenvalue weighted by atomic mass is 16.1. The Balaban J connectivity index is 1.29. The molecular weight excluding hydrogens is 362 g/mol. The average Bonchev–Trinajstić information content (AvgIpc) is 3.14. The Labute approximate surface area is 168 Å². The van der Waals surface area contributed by atoms with E-state index in [-0.39, 0.29) is 5.56 Å². The normalized spacial score (nSPS) is 14.1. The predicted molar refractivity (Wildman–Crippen MR) is 114 cm³/mol. The van der Waals surface area contributed by atoms with Gasteiger partial charge in [0.1, 0.15) is 0 Å². The lowest BCUT2D eigenvalue weighted by Gasteiger charge is -2.24. The summed E-state index contributed by atoms with van der Waals surface area (Å²) in [5.74, 6) is 1.64. The summed E-state index contributed by atoms with van der Waals surface area (Å²) < 4.78 is 1.39. The minimum atomic E-state index is -0.114. The van der Waals surface area contributed by atoms with Gasteiger partial charge in [0, 0.05) is 12.6 Å².